The number of nitrogens with zero attached hydrogens (tertiary/aromatic N) is 1. The number of aromatic nitrogens is 2. The lowest BCUT2D eigenvalue weighted by molar-refractivity contribution is 0.0954. The lowest BCUT2D eigenvalue weighted by Gasteiger charge is -2.06. The van der Waals surface area contributed by atoms with Gasteiger partial charge in [0.05, 0.1) is 22.5 Å². The zero-order valence-corrected chi connectivity index (χ0v) is 15.7. The van der Waals surface area contributed by atoms with Gasteiger partial charge in [-0.25, -0.2) is 5.10 Å². The Morgan fingerprint density at radius 2 is 1.82 bits per heavy atom. The van der Waals surface area contributed by atoms with E-state index in [1.807, 2.05) is 47.8 Å². The maximum Gasteiger partial charge on any atom is 0.272 e. The van der Waals surface area contributed by atoms with Gasteiger partial charge in [-0.05, 0) is 11.6 Å². The number of fused-ring (bicyclic) bond motifs is 1. The van der Waals surface area contributed by atoms with Gasteiger partial charge in [-0.2, -0.15) is 5.10 Å². The van der Waals surface area contributed by atoms with Crippen LogP contribution in [0.5, 0.6) is 5.75 Å². The summed E-state index contributed by atoms with van der Waals surface area (Å²) in [7, 11) is 0. The number of carbonyl (C=O) groups is 1. The summed E-state index contributed by atoms with van der Waals surface area (Å²) >= 11 is 1.32. The Morgan fingerprint density at radius 1 is 1.07 bits per heavy atom. The number of hydrogen-bond donors (Lipinski definition) is 2. The summed E-state index contributed by atoms with van der Waals surface area (Å²) in [6, 6.07) is 18.8. The zero-order chi connectivity index (χ0) is 19.3. The Hall–Kier alpha value is -3.45. The van der Waals surface area contributed by atoms with E-state index in [1.165, 1.54) is 11.3 Å². The average Bonchev–Trinajstić information content (AvgIpc) is 3.22. The van der Waals surface area contributed by atoms with Crippen LogP contribution >= 0.6 is 11.3 Å². The normalized spacial score (nSPS) is 10.7. The Balaban J connectivity index is 1.40. The van der Waals surface area contributed by atoms with Gasteiger partial charge in [-0.15, -0.1) is 11.3 Å². The van der Waals surface area contributed by atoms with Gasteiger partial charge in [-0.1, -0.05) is 48.5 Å². The predicted molar refractivity (Wildman–Crippen MR) is 109 cm³/mol. The molecule has 0 fully saturated rings. The molecule has 2 aromatic heterocycles. The van der Waals surface area contributed by atoms with Crippen molar-refractivity contribution < 1.29 is 9.53 Å². The molecule has 6 nitrogen and oxygen atoms in total. The second-order valence-electron chi connectivity index (χ2n) is 6.15. The van der Waals surface area contributed by atoms with Crippen molar-refractivity contribution in [2.45, 2.75) is 13.2 Å². The second-order valence-corrected chi connectivity index (χ2v) is 7.06. The van der Waals surface area contributed by atoms with Crippen molar-refractivity contribution in [1.29, 1.82) is 0 Å². The molecule has 0 bridgehead atoms. The van der Waals surface area contributed by atoms with Crippen LogP contribution in [0, 0.1) is 0 Å². The molecule has 28 heavy (non-hydrogen) atoms. The van der Waals surface area contributed by atoms with Gasteiger partial charge in [0, 0.05) is 16.8 Å². The van der Waals surface area contributed by atoms with Crippen LogP contribution in [-0.2, 0) is 13.2 Å². The molecule has 140 valence electrons. The fourth-order valence-electron chi connectivity index (χ4n) is 2.81. The van der Waals surface area contributed by atoms with Crippen molar-refractivity contribution in [2.24, 2.45) is 0 Å². The Morgan fingerprint density at radius 3 is 2.64 bits per heavy atom. The number of benzene rings is 2. The molecule has 2 N–H and O–H groups in total. The molecule has 4 aromatic rings. The average molecular weight is 391 g/mol. The van der Waals surface area contributed by atoms with E-state index < -0.39 is 0 Å². The van der Waals surface area contributed by atoms with Crippen LogP contribution in [0.2, 0.25) is 0 Å². The molecular weight excluding hydrogens is 374 g/mol. The maximum absolute atomic E-state index is 12.5. The molecule has 0 spiro atoms. The molecule has 0 aliphatic heterocycles. The molecule has 0 aliphatic carbocycles. The number of H-pyrrole nitrogens is 1. The van der Waals surface area contributed by atoms with E-state index in [0.29, 0.717) is 28.3 Å². The largest absolute Gasteiger partial charge is 0.488 e. The number of amides is 1. The molecule has 4 rings (SSSR count). The van der Waals surface area contributed by atoms with Crippen LogP contribution in [0.3, 0.4) is 0 Å². The SMILES string of the molecule is O=C(NCc1n[nH]c(=O)c2ccccc12)c1cc(OCc2ccccc2)cs1. The van der Waals surface area contributed by atoms with Crippen molar-refractivity contribution in [2.75, 3.05) is 0 Å². The lowest BCUT2D eigenvalue weighted by Crippen LogP contribution is -2.24. The van der Waals surface area contributed by atoms with Crippen molar-refractivity contribution >= 4 is 28.0 Å². The number of hydrogen-bond acceptors (Lipinski definition) is 5. The highest BCUT2D eigenvalue weighted by Crippen LogP contribution is 2.23. The van der Waals surface area contributed by atoms with Gasteiger partial charge in [0.2, 0.25) is 0 Å². The van der Waals surface area contributed by atoms with Crippen LogP contribution in [0.15, 0.2) is 70.8 Å². The Kier molecular flexibility index (Phi) is 5.16. The monoisotopic (exact) mass is 391 g/mol. The third-order valence-corrected chi connectivity index (χ3v) is 5.15. The van der Waals surface area contributed by atoms with E-state index >= 15 is 0 Å². The first-order valence-corrected chi connectivity index (χ1v) is 9.58. The minimum Gasteiger partial charge on any atom is -0.488 e. The van der Waals surface area contributed by atoms with E-state index in [1.54, 1.807) is 18.2 Å². The molecule has 7 heteroatoms. The minimum absolute atomic E-state index is 0.211. The Labute approximate surface area is 164 Å². The highest BCUT2D eigenvalue weighted by atomic mass is 32.1. The van der Waals surface area contributed by atoms with Crippen LogP contribution in [0.1, 0.15) is 20.9 Å². The van der Waals surface area contributed by atoms with E-state index in [0.717, 1.165) is 10.9 Å². The van der Waals surface area contributed by atoms with Gasteiger partial charge in [0.15, 0.2) is 0 Å². The third-order valence-electron chi connectivity index (χ3n) is 4.24. The molecule has 0 aliphatic rings. The van der Waals surface area contributed by atoms with Gasteiger partial charge < -0.3 is 10.1 Å². The van der Waals surface area contributed by atoms with Gasteiger partial charge in [0.1, 0.15) is 12.4 Å². The standard InChI is InChI=1S/C21H17N3O3S/c25-20-17-9-5-4-8-16(17)18(23-24-20)11-22-21(26)19-10-15(13-28-19)27-12-14-6-2-1-3-7-14/h1-10,13H,11-12H2,(H,22,26)(H,24,25). The number of ether oxygens (including phenoxy) is 1. The molecule has 0 saturated carbocycles. The van der Waals surface area contributed by atoms with Gasteiger partial charge in [-0.3, -0.25) is 9.59 Å². The zero-order valence-electron chi connectivity index (χ0n) is 14.8. The maximum atomic E-state index is 12.5. The molecule has 1 amide bonds. The molecule has 0 radical (unpaired) electrons. The van der Waals surface area contributed by atoms with Crippen molar-refractivity contribution in [1.82, 2.24) is 15.5 Å². The summed E-state index contributed by atoms with van der Waals surface area (Å²) in [5, 5.41) is 12.5. The molecule has 0 unspecified atom stereocenters. The number of rotatable bonds is 6. The van der Waals surface area contributed by atoms with Crippen LogP contribution < -0.4 is 15.6 Å². The number of carbonyl (C=O) groups excluding carboxylic acids is 1. The quantitative estimate of drug-likeness (QED) is 0.527. The minimum atomic E-state index is -0.246. The third kappa shape index (κ3) is 3.94. The van der Waals surface area contributed by atoms with Gasteiger partial charge in [0.25, 0.3) is 11.5 Å². The highest BCUT2D eigenvalue weighted by Gasteiger charge is 2.12. The summed E-state index contributed by atoms with van der Waals surface area (Å²) in [5.74, 6) is 0.447. The number of thiophene rings is 1. The topological polar surface area (TPSA) is 84.1 Å². The van der Waals surface area contributed by atoms with Crippen molar-refractivity contribution in [3.05, 3.63) is 92.5 Å². The highest BCUT2D eigenvalue weighted by molar-refractivity contribution is 7.12. The van der Waals surface area contributed by atoms with E-state index in [-0.39, 0.29) is 18.0 Å². The first-order valence-electron chi connectivity index (χ1n) is 8.70. The first kappa shape index (κ1) is 17.9. The van der Waals surface area contributed by atoms with E-state index in [9.17, 15) is 9.59 Å². The fourth-order valence-corrected chi connectivity index (χ4v) is 3.55. The summed E-state index contributed by atoms with van der Waals surface area (Å²) in [6.07, 6.45) is 0. The molecule has 2 aromatic carbocycles. The van der Waals surface area contributed by atoms with E-state index in [2.05, 4.69) is 15.5 Å². The van der Waals surface area contributed by atoms with Crippen LogP contribution in [0.25, 0.3) is 10.8 Å². The number of nitrogens with one attached hydrogen (secondary N) is 2. The van der Waals surface area contributed by atoms with Crippen molar-refractivity contribution in [3.8, 4) is 5.75 Å². The summed E-state index contributed by atoms with van der Waals surface area (Å²) < 4.78 is 5.73. The second kappa shape index (κ2) is 8.06. The first-order chi connectivity index (χ1) is 13.7. The lowest BCUT2D eigenvalue weighted by atomic mass is 10.1. The van der Waals surface area contributed by atoms with Crippen LogP contribution in [0.4, 0.5) is 0 Å². The number of aromatic amines is 1. The summed E-state index contributed by atoms with van der Waals surface area (Å²) in [4.78, 5) is 24.8. The van der Waals surface area contributed by atoms with Gasteiger partial charge >= 0.3 is 0 Å². The summed E-state index contributed by atoms with van der Waals surface area (Å²) in [5.41, 5.74) is 1.43. The molecular formula is C21H17N3O3S. The molecule has 0 saturated heterocycles. The van der Waals surface area contributed by atoms with Crippen molar-refractivity contribution in [3.63, 3.8) is 0 Å². The van der Waals surface area contributed by atoms with Crippen LogP contribution in [-0.4, -0.2) is 16.1 Å². The predicted octanol–water partition coefficient (Wildman–Crippen LogP) is 3.49. The smallest absolute Gasteiger partial charge is 0.272 e. The fraction of sp³-hybridized carbons (Fsp3) is 0.0952. The summed E-state index contributed by atoms with van der Waals surface area (Å²) in [6.45, 7) is 0.667. The molecule has 0 atom stereocenters. The Bertz CT molecular complexity index is 1170. The van der Waals surface area contributed by atoms with E-state index in [4.69, 9.17) is 4.74 Å². The molecule has 2 heterocycles.